The third kappa shape index (κ3) is 2.47. The van der Waals surface area contributed by atoms with Crippen LogP contribution in [0.4, 0.5) is 0 Å². The lowest BCUT2D eigenvalue weighted by molar-refractivity contribution is -0.211. The Kier molecular flexibility index (Phi) is 4.49. The molecule has 1 aliphatic carbocycles. The molecule has 0 aromatic rings. The summed E-state index contributed by atoms with van der Waals surface area (Å²) in [6, 6.07) is 0.354. The van der Waals surface area contributed by atoms with Gasteiger partial charge < -0.3 is 14.7 Å². The van der Waals surface area contributed by atoms with Crippen molar-refractivity contribution in [2.24, 2.45) is 5.41 Å². The van der Waals surface area contributed by atoms with Crippen molar-refractivity contribution in [3.8, 4) is 0 Å². The van der Waals surface area contributed by atoms with Gasteiger partial charge in [0, 0.05) is 31.0 Å². The minimum Gasteiger partial charge on any atom is -0.392 e. The van der Waals surface area contributed by atoms with Gasteiger partial charge in [0.2, 0.25) is 5.91 Å². The summed E-state index contributed by atoms with van der Waals surface area (Å²) in [5, 5.41) is 10.3. The van der Waals surface area contributed by atoms with E-state index in [-0.39, 0.29) is 23.7 Å². The van der Waals surface area contributed by atoms with Crippen LogP contribution in [0.2, 0.25) is 0 Å². The molecule has 0 aromatic carbocycles. The highest BCUT2D eigenvalue weighted by molar-refractivity contribution is 5.84. The summed E-state index contributed by atoms with van der Waals surface area (Å²) >= 11 is 0. The molecule has 1 saturated carbocycles. The molecule has 0 radical (unpaired) electrons. The van der Waals surface area contributed by atoms with E-state index in [4.69, 9.17) is 4.74 Å². The molecule has 1 N–H and O–H groups in total. The number of aliphatic hydroxyl groups is 1. The maximum Gasteiger partial charge on any atom is 0.240 e. The van der Waals surface area contributed by atoms with Gasteiger partial charge in [0.15, 0.2) is 0 Å². The molecule has 3 aliphatic rings. The minimum absolute atomic E-state index is 0.0497. The highest BCUT2D eigenvalue weighted by Gasteiger charge is 2.56. The van der Waals surface area contributed by atoms with Crippen molar-refractivity contribution >= 4 is 5.91 Å². The highest BCUT2D eigenvalue weighted by Crippen LogP contribution is 2.51. The van der Waals surface area contributed by atoms with Gasteiger partial charge in [0.1, 0.15) is 0 Å². The number of ether oxygens (including phenoxy) is 1. The van der Waals surface area contributed by atoms with Crippen molar-refractivity contribution in [2.75, 3.05) is 26.2 Å². The maximum absolute atomic E-state index is 12.5. The van der Waals surface area contributed by atoms with E-state index in [0.717, 1.165) is 45.3 Å². The number of rotatable bonds is 4. The number of hydrogen-bond donors (Lipinski definition) is 1. The van der Waals surface area contributed by atoms with E-state index in [9.17, 15) is 9.90 Å². The summed E-state index contributed by atoms with van der Waals surface area (Å²) in [7, 11) is 0. The van der Waals surface area contributed by atoms with Gasteiger partial charge in [-0.3, -0.25) is 9.69 Å². The van der Waals surface area contributed by atoms with E-state index in [2.05, 4.69) is 18.7 Å². The third-order valence-corrected chi connectivity index (χ3v) is 6.11. The standard InChI is InChI=1S/C17H30N2O3/c1-4-22-15-11-14(20)17(15)6-9-18(10-7-17)13-5-8-19(12(2)3)16(13)21/h12-15,20H,4-11H2,1-3H3/t13-,14+,15+/m0/s1. The summed E-state index contributed by atoms with van der Waals surface area (Å²) < 4.78 is 5.82. The zero-order valence-electron chi connectivity index (χ0n) is 14.1. The molecule has 2 heterocycles. The fourth-order valence-corrected chi connectivity index (χ4v) is 4.61. The summed E-state index contributed by atoms with van der Waals surface area (Å²) in [5.41, 5.74) is -0.0497. The Morgan fingerprint density at radius 2 is 2.00 bits per heavy atom. The molecule has 3 atom stereocenters. The average Bonchev–Trinajstić information content (AvgIpc) is 2.89. The van der Waals surface area contributed by atoms with Gasteiger partial charge in [-0.15, -0.1) is 0 Å². The van der Waals surface area contributed by atoms with Crippen LogP contribution in [0.1, 0.15) is 46.5 Å². The van der Waals surface area contributed by atoms with Crippen molar-refractivity contribution in [2.45, 2.75) is 70.7 Å². The van der Waals surface area contributed by atoms with Crippen LogP contribution in [0.15, 0.2) is 0 Å². The van der Waals surface area contributed by atoms with Gasteiger partial charge in [-0.05, 0) is 53.1 Å². The van der Waals surface area contributed by atoms with Crippen LogP contribution in [0.25, 0.3) is 0 Å². The van der Waals surface area contributed by atoms with Crippen molar-refractivity contribution in [3.63, 3.8) is 0 Å². The van der Waals surface area contributed by atoms with Crippen molar-refractivity contribution in [3.05, 3.63) is 0 Å². The highest BCUT2D eigenvalue weighted by atomic mass is 16.5. The first-order valence-electron chi connectivity index (χ1n) is 8.84. The number of aliphatic hydroxyl groups excluding tert-OH is 1. The molecular formula is C17H30N2O3. The van der Waals surface area contributed by atoms with Crippen LogP contribution >= 0.6 is 0 Å². The fraction of sp³-hybridized carbons (Fsp3) is 0.941. The van der Waals surface area contributed by atoms with Gasteiger partial charge in [-0.1, -0.05) is 0 Å². The second kappa shape index (κ2) is 6.10. The Balaban J connectivity index is 1.59. The van der Waals surface area contributed by atoms with E-state index in [1.807, 2.05) is 11.8 Å². The summed E-state index contributed by atoms with van der Waals surface area (Å²) in [6.07, 6.45) is 3.60. The van der Waals surface area contributed by atoms with Crippen molar-refractivity contribution < 1.29 is 14.6 Å². The molecule has 22 heavy (non-hydrogen) atoms. The summed E-state index contributed by atoms with van der Waals surface area (Å²) in [5.74, 6) is 0.293. The van der Waals surface area contributed by atoms with Crippen molar-refractivity contribution in [1.82, 2.24) is 9.80 Å². The Labute approximate surface area is 133 Å². The van der Waals surface area contributed by atoms with E-state index < -0.39 is 0 Å². The largest absolute Gasteiger partial charge is 0.392 e. The normalized spacial score (nSPS) is 35.4. The molecule has 2 saturated heterocycles. The molecule has 1 spiro atoms. The zero-order valence-corrected chi connectivity index (χ0v) is 14.1. The van der Waals surface area contributed by atoms with Gasteiger partial charge >= 0.3 is 0 Å². The van der Waals surface area contributed by atoms with Crippen LogP contribution < -0.4 is 0 Å². The Hall–Kier alpha value is -0.650. The molecule has 3 rings (SSSR count). The second-order valence-electron chi connectivity index (χ2n) is 7.39. The topological polar surface area (TPSA) is 53.0 Å². The van der Waals surface area contributed by atoms with E-state index >= 15 is 0 Å². The number of hydrogen-bond acceptors (Lipinski definition) is 4. The predicted molar refractivity (Wildman–Crippen MR) is 84.5 cm³/mol. The lowest BCUT2D eigenvalue weighted by Crippen LogP contribution is -2.63. The summed E-state index contributed by atoms with van der Waals surface area (Å²) in [6.45, 7) is 9.60. The van der Waals surface area contributed by atoms with Crippen LogP contribution in [0.3, 0.4) is 0 Å². The molecule has 3 fully saturated rings. The van der Waals surface area contributed by atoms with Gasteiger partial charge in [0.05, 0.1) is 18.2 Å². The number of amides is 1. The average molecular weight is 310 g/mol. The van der Waals surface area contributed by atoms with Crippen LogP contribution in [-0.4, -0.2) is 71.3 Å². The predicted octanol–water partition coefficient (Wildman–Crippen LogP) is 1.25. The Bertz CT molecular complexity index is 416. The first-order valence-corrected chi connectivity index (χ1v) is 8.84. The number of carbonyl (C=O) groups is 1. The quantitative estimate of drug-likeness (QED) is 0.849. The smallest absolute Gasteiger partial charge is 0.240 e. The van der Waals surface area contributed by atoms with Gasteiger partial charge in [-0.2, -0.15) is 0 Å². The van der Waals surface area contributed by atoms with Crippen LogP contribution in [-0.2, 0) is 9.53 Å². The molecule has 0 aromatic heterocycles. The van der Waals surface area contributed by atoms with E-state index in [1.54, 1.807) is 0 Å². The first-order chi connectivity index (χ1) is 10.5. The molecule has 5 heteroatoms. The van der Waals surface area contributed by atoms with Crippen LogP contribution in [0, 0.1) is 5.41 Å². The number of piperidine rings is 1. The molecule has 126 valence electrons. The van der Waals surface area contributed by atoms with E-state index in [1.165, 1.54) is 0 Å². The Morgan fingerprint density at radius 3 is 2.50 bits per heavy atom. The number of nitrogens with zero attached hydrogens (tertiary/aromatic N) is 2. The van der Waals surface area contributed by atoms with Gasteiger partial charge in [-0.25, -0.2) is 0 Å². The molecule has 2 aliphatic heterocycles. The molecular weight excluding hydrogens is 280 g/mol. The lowest BCUT2D eigenvalue weighted by atomic mass is 9.58. The zero-order chi connectivity index (χ0) is 15.9. The first kappa shape index (κ1) is 16.2. The SMILES string of the molecule is CCO[C@@H]1C[C@@H](O)C12CCN([C@H]1CCN(C(C)C)C1=O)CC2. The second-order valence-corrected chi connectivity index (χ2v) is 7.39. The fourth-order valence-electron chi connectivity index (χ4n) is 4.61. The van der Waals surface area contributed by atoms with E-state index in [0.29, 0.717) is 18.6 Å². The molecule has 0 unspecified atom stereocenters. The van der Waals surface area contributed by atoms with Crippen molar-refractivity contribution in [1.29, 1.82) is 0 Å². The van der Waals surface area contributed by atoms with Gasteiger partial charge in [0.25, 0.3) is 0 Å². The lowest BCUT2D eigenvalue weighted by Gasteiger charge is -2.57. The molecule has 0 bridgehead atoms. The number of carbonyl (C=O) groups excluding carboxylic acids is 1. The third-order valence-electron chi connectivity index (χ3n) is 6.11. The maximum atomic E-state index is 12.5. The number of likely N-dealkylation sites (tertiary alicyclic amines) is 2. The monoisotopic (exact) mass is 310 g/mol. The van der Waals surface area contributed by atoms with Crippen LogP contribution in [0.5, 0.6) is 0 Å². The Morgan fingerprint density at radius 1 is 1.32 bits per heavy atom. The molecule has 1 amide bonds. The minimum atomic E-state index is -0.224. The summed E-state index contributed by atoms with van der Waals surface area (Å²) in [4.78, 5) is 16.9. The molecule has 5 nitrogen and oxygen atoms in total.